The van der Waals surface area contributed by atoms with Crippen LogP contribution in [-0.2, 0) is 0 Å². The Hall–Kier alpha value is 0.480. The second kappa shape index (κ2) is 13.5. The van der Waals surface area contributed by atoms with E-state index in [0.29, 0.717) is 0 Å². The first-order chi connectivity index (χ1) is 6.91. The second-order valence-electron chi connectivity index (χ2n) is 4.03. The summed E-state index contributed by atoms with van der Waals surface area (Å²) >= 11 is 3.46. The van der Waals surface area contributed by atoms with Crippen LogP contribution in [0.1, 0.15) is 71.1 Å². The molecule has 0 amide bonds. The zero-order valence-corrected chi connectivity index (χ0v) is 11.3. The smallest absolute Gasteiger partial charge is 0.00313 e. The minimum atomic E-state index is 1.17. The number of hydrogen-bond acceptors (Lipinski definition) is 0. The predicted octanol–water partition coefficient (Wildman–Crippen LogP) is 5.51. The summed E-state index contributed by atoms with van der Waals surface area (Å²) in [4.78, 5) is 0. The fourth-order valence-corrected chi connectivity index (χ4v) is 1.99. The first kappa shape index (κ1) is 14.5. The molecule has 0 atom stereocenters. The molecule has 0 rings (SSSR count). The number of alkyl halides is 1. The van der Waals surface area contributed by atoms with Gasteiger partial charge in [-0.05, 0) is 12.8 Å². The van der Waals surface area contributed by atoms with E-state index >= 15 is 0 Å². The Labute approximate surface area is 99.0 Å². The van der Waals surface area contributed by atoms with Crippen molar-refractivity contribution in [3.05, 3.63) is 6.42 Å². The molecule has 0 N–H and O–H groups in total. The van der Waals surface area contributed by atoms with Crippen molar-refractivity contribution in [1.82, 2.24) is 0 Å². The normalized spacial score (nSPS) is 10.7. The van der Waals surface area contributed by atoms with E-state index in [-0.39, 0.29) is 0 Å². The zero-order chi connectivity index (χ0) is 10.5. The molecule has 0 aliphatic carbocycles. The van der Waals surface area contributed by atoms with Crippen molar-refractivity contribution in [2.45, 2.75) is 71.1 Å². The molecule has 0 heterocycles. The average molecular weight is 262 g/mol. The van der Waals surface area contributed by atoms with Gasteiger partial charge < -0.3 is 0 Å². The van der Waals surface area contributed by atoms with Crippen molar-refractivity contribution >= 4 is 15.9 Å². The summed E-state index contributed by atoms with van der Waals surface area (Å²) in [7, 11) is 0. The highest BCUT2D eigenvalue weighted by atomic mass is 79.9. The topological polar surface area (TPSA) is 0 Å². The van der Waals surface area contributed by atoms with E-state index in [1.165, 1.54) is 69.5 Å². The first-order valence-electron chi connectivity index (χ1n) is 6.29. The standard InChI is InChI=1S/C13H26Br/c1-2-3-4-5-6-7-8-9-10-11-12-13-14/h7H,2-6,8-13H2,1H3. The van der Waals surface area contributed by atoms with Crippen molar-refractivity contribution < 1.29 is 0 Å². The maximum atomic E-state index is 3.46. The van der Waals surface area contributed by atoms with Gasteiger partial charge in [0.05, 0.1) is 0 Å². The van der Waals surface area contributed by atoms with Gasteiger partial charge >= 0.3 is 0 Å². The predicted molar refractivity (Wildman–Crippen MR) is 69.9 cm³/mol. The maximum Gasteiger partial charge on any atom is 0.00313 e. The van der Waals surface area contributed by atoms with Crippen molar-refractivity contribution in [2.75, 3.05) is 5.33 Å². The highest BCUT2D eigenvalue weighted by Crippen LogP contribution is 2.10. The Kier molecular flexibility index (Phi) is 13.9. The van der Waals surface area contributed by atoms with E-state index in [9.17, 15) is 0 Å². The lowest BCUT2D eigenvalue weighted by Gasteiger charge is -2.00. The van der Waals surface area contributed by atoms with E-state index in [0.717, 1.165) is 0 Å². The third-order valence-corrected chi connectivity index (χ3v) is 3.11. The van der Waals surface area contributed by atoms with Crippen LogP contribution in [0, 0.1) is 6.42 Å². The summed E-state index contributed by atoms with van der Waals surface area (Å²) in [6, 6.07) is 0. The van der Waals surface area contributed by atoms with E-state index in [4.69, 9.17) is 0 Å². The van der Waals surface area contributed by atoms with E-state index < -0.39 is 0 Å². The van der Waals surface area contributed by atoms with E-state index in [1.807, 2.05) is 0 Å². The van der Waals surface area contributed by atoms with Crippen LogP contribution >= 0.6 is 15.9 Å². The van der Waals surface area contributed by atoms with Gasteiger partial charge in [-0.15, -0.1) is 0 Å². The van der Waals surface area contributed by atoms with Gasteiger partial charge in [0.25, 0.3) is 0 Å². The number of hydrogen-bond donors (Lipinski definition) is 0. The third kappa shape index (κ3) is 12.5. The molecule has 85 valence electrons. The fourth-order valence-electron chi connectivity index (χ4n) is 1.60. The Morgan fingerprint density at radius 2 is 1.36 bits per heavy atom. The molecular formula is C13H26Br. The summed E-state index contributed by atoms with van der Waals surface area (Å²) in [5.74, 6) is 0. The van der Waals surface area contributed by atoms with Gasteiger partial charge in [-0.25, -0.2) is 0 Å². The second-order valence-corrected chi connectivity index (χ2v) is 4.82. The molecule has 0 aromatic carbocycles. The molecule has 0 aromatic heterocycles. The van der Waals surface area contributed by atoms with Crippen molar-refractivity contribution in [3.63, 3.8) is 0 Å². The monoisotopic (exact) mass is 261 g/mol. The molecule has 0 fully saturated rings. The lowest BCUT2D eigenvalue weighted by Crippen LogP contribution is -1.83. The molecule has 0 saturated carbocycles. The maximum absolute atomic E-state index is 3.46. The van der Waals surface area contributed by atoms with Gasteiger partial charge in [0.2, 0.25) is 0 Å². The van der Waals surface area contributed by atoms with Gasteiger partial charge in [-0.1, -0.05) is 80.6 Å². The van der Waals surface area contributed by atoms with Crippen molar-refractivity contribution in [1.29, 1.82) is 0 Å². The third-order valence-electron chi connectivity index (χ3n) is 2.55. The van der Waals surface area contributed by atoms with Gasteiger partial charge in [-0.3, -0.25) is 0 Å². The van der Waals surface area contributed by atoms with Crippen LogP contribution < -0.4 is 0 Å². The van der Waals surface area contributed by atoms with Crippen LogP contribution in [0.4, 0.5) is 0 Å². The molecule has 1 radical (unpaired) electrons. The fraction of sp³-hybridized carbons (Fsp3) is 0.923. The molecular weight excluding hydrogens is 236 g/mol. The van der Waals surface area contributed by atoms with E-state index in [1.54, 1.807) is 0 Å². The number of unbranched alkanes of at least 4 members (excludes halogenated alkanes) is 10. The highest BCUT2D eigenvalue weighted by Gasteiger charge is 1.92. The minimum Gasteiger partial charge on any atom is -0.0928 e. The Bertz CT molecular complexity index is 79.2. The lowest BCUT2D eigenvalue weighted by atomic mass is 10.1. The Morgan fingerprint density at radius 1 is 0.786 bits per heavy atom. The summed E-state index contributed by atoms with van der Waals surface area (Å²) in [5, 5.41) is 1.17. The van der Waals surface area contributed by atoms with Crippen molar-refractivity contribution in [2.24, 2.45) is 0 Å². The van der Waals surface area contributed by atoms with Crippen molar-refractivity contribution in [3.8, 4) is 0 Å². The van der Waals surface area contributed by atoms with Crippen LogP contribution in [-0.4, -0.2) is 5.33 Å². The molecule has 0 saturated heterocycles. The van der Waals surface area contributed by atoms with Crippen LogP contribution in [0.5, 0.6) is 0 Å². The number of halogens is 1. The van der Waals surface area contributed by atoms with E-state index in [2.05, 4.69) is 29.3 Å². The van der Waals surface area contributed by atoms with Crippen LogP contribution in [0.15, 0.2) is 0 Å². The van der Waals surface area contributed by atoms with Gasteiger partial charge in [0.1, 0.15) is 0 Å². The summed E-state index contributed by atoms with van der Waals surface area (Å²) in [6.07, 6.45) is 16.3. The molecule has 14 heavy (non-hydrogen) atoms. The zero-order valence-electron chi connectivity index (χ0n) is 9.73. The molecule has 0 nitrogen and oxygen atoms in total. The van der Waals surface area contributed by atoms with Crippen LogP contribution in [0.2, 0.25) is 0 Å². The van der Waals surface area contributed by atoms with Gasteiger partial charge in [-0.2, -0.15) is 0 Å². The molecule has 0 aromatic rings. The average Bonchev–Trinajstić information content (AvgIpc) is 2.21. The number of rotatable bonds is 11. The molecule has 0 aliphatic rings. The molecule has 0 aliphatic heterocycles. The SMILES string of the molecule is CCCCCC[CH]CCCCCCBr. The molecule has 0 spiro atoms. The molecule has 1 heteroatoms. The summed E-state index contributed by atoms with van der Waals surface area (Å²) < 4.78 is 0. The summed E-state index contributed by atoms with van der Waals surface area (Å²) in [6.45, 7) is 2.27. The molecule has 0 bridgehead atoms. The molecule has 0 unspecified atom stereocenters. The summed E-state index contributed by atoms with van der Waals surface area (Å²) in [5.41, 5.74) is 0. The van der Waals surface area contributed by atoms with Crippen LogP contribution in [0.3, 0.4) is 0 Å². The van der Waals surface area contributed by atoms with Gasteiger partial charge in [0.15, 0.2) is 0 Å². The quantitative estimate of drug-likeness (QED) is 0.340. The highest BCUT2D eigenvalue weighted by molar-refractivity contribution is 9.09. The van der Waals surface area contributed by atoms with Gasteiger partial charge in [0, 0.05) is 5.33 Å². The van der Waals surface area contributed by atoms with Crippen LogP contribution in [0.25, 0.3) is 0 Å². The Balaban J connectivity index is 2.78. The first-order valence-corrected chi connectivity index (χ1v) is 7.41. The Morgan fingerprint density at radius 3 is 1.93 bits per heavy atom. The largest absolute Gasteiger partial charge is 0.0928 e. The minimum absolute atomic E-state index is 1.17. The lowest BCUT2D eigenvalue weighted by molar-refractivity contribution is 0.622.